The van der Waals surface area contributed by atoms with Crippen LogP contribution in [-0.2, 0) is 4.79 Å². The number of nitrogens with one attached hydrogen (secondary N) is 1. The number of hydrogen-bond acceptors (Lipinski definition) is 4. The van der Waals surface area contributed by atoms with Gasteiger partial charge in [-0.05, 0) is 30.9 Å². The molecule has 114 valence electrons. The minimum atomic E-state index is -1.04. The second-order valence-corrected chi connectivity index (χ2v) is 5.65. The normalized spacial score (nSPS) is 15.3. The summed E-state index contributed by atoms with van der Waals surface area (Å²) in [5, 5.41) is 16.0. The predicted molar refractivity (Wildman–Crippen MR) is 78.6 cm³/mol. The van der Waals surface area contributed by atoms with Crippen molar-refractivity contribution in [1.82, 2.24) is 10.5 Å². The Morgan fingerprint density at radius 3 is 2.77 bits per heavy atom. The molecule has 1 saturated carbocycles. The highest BCUT2D eigenvalue weighted by Gasteiger charge is 2.37. The Hall–Kier alpha value is -2.34. The second-order valence-electron chi connectivity index (χ2n) is 5.21. The number of nitrogens with zero attached hydrogens (tertiary/aromatic N) is 1. The zero-order valence-corrected chi connectivity index (χ0v) is 12.2. The Labute approximate surface area is 131 Å². The molecule has 1 amide bonds. The molecule has 2 aromatic rings. The number of hydrogen-bond donors (Lipinski definition) is 2. The number of amides is 1. The van der Waals surface area contributed by atoms with Crippen molar-refractivity contribution >= 4 is 23.5 Å². The number of halogens is 1. The van der Waals surface area contributed by atoms with Gasteiger partial charge in [0.15, 0.2) is 0 Å². The molecule has 1 fully saturated rings. The summed E-state index contributed by atoms with van der Waals surface area (Å²) in [6.45, 7) is 0. The first-order valence-corrected chi connectivity index (χ1v) is 7.19. The Kier molecular flexibility index (Phi) is 3.85. The average Bonchev–Trinajstić information content (AvgIpc) is 3.19. The van der Waals surface area contributed by atoms with Crippen LogP contribution in [-0.4, -0.2) is 28.2 Å². The second kappa shape index (κ2) is 5.81. The number of carboxylic acids is 1. The lowest BCUT2D eigenvalue weighted by Crippen LogP contribution is -2.42. The maximum absolute atomic E-state index is 12.1. The molecule has 2 N–H and O–H groups in total. The van der Waals surface area contributed by atoms with Crippen molar-refractivity contribution in [3.8, 4) is 11.3 Å². The van der Waals surface area contributed by atoms with E-state index < -0.39 is 17.9 Å². The third-order valence-corrected chi connectivity index (χ3v) is 3.74. The Bertz CT molecular complexity index is 724. The van der Waals surface area contributed by atoms with Gasteiger partial charge in [0.05, 0.1) is 0 Å². The van der Waals surface area contributed by atoms with Gasteiger partial charge in [0, 0.05) is 16.7 Å². The fraction of sp³-hybridized carbons (Fsp3) is 0.267. The standard InChI is InChI=1S/C15H13ClN2O4/c16-10-3-1-2-9(6-10)11-7-12(22-18-11)14(19)17-13(15(20)21)8-4-5-8/h1-3,6-8,13H,4-5H2,(H,17,19)(H,20,21). The van der Waals surface area contributed by atoms with E-state index in [4.69, 9.17) is 21.2 Å². The van der Waals surface area contributed by atoms with Crippen molar-refractivity contribution < 1.29 is 19.2 Å². The molecule has 1 aromatic heterocycles. The Balaban J connectivity index is 1.75. The van der Waals surface area contributed by atoms with E-state index >= 15 is 0 Å². The molecule has 1 atom stereocenters. The summed E-state index contributed by atoms with van der Waals surface area (Å²) in [6.07, 6.45) is 1.61. The van der Waals surface area contributed by atoms with Gasteiger partial charge in [-0.3, -0.25) is 4.79 Å². The third kappa shape index (κ3) is 3.12. The number of aromatic nitrogens is 1. The van der Waals surface area contributed by atoms with Crippen LogP contribution in [0, 0.1) is 5.92 Å². The molecule has 1 unspecified atom stereocenters. The highest BCUT2D eigenvalue weighted by molar-refractivity contribution is 6.30. The predicted octanol–water partition coefficient (Wildman–Crippen LogP) is 2.59. The van der Waals surface area contributed by atoms with Crippen LogP contribution in [0.15, 0.2) is 34.9 Å². The van der Waals surface area contributed by atoms with Crippen LogP contribution in [0.3, 0.4) is 0 Å². The van der Waals surface area contributed by atoms with Crippen LogP contribution in [0.1, 0.15) is 23.4 Å². The molecule has 3 rings (SSSR count). The highest BCUT2D eigenvalue weighted by atomic mass is 35.5. The summed E-state index contributed by atoms with van der Waals surface area (Å²) in [5.41, 5.74) is 1.18. The van der Waals surface area contributed by atoms with Gasteiger partial charge in [0.1, 0.15) is 11.7 Å². The van der Waals surface area contributed by atoms with E-state index in [-0.39, 0.29) is 11.7 Å². The molecule has 0 spiro atoms. The number of rotatable bonds is 5. The quantitative estimate of drug-likeness (QED) is 0.883. The van der Waals surface area contributed by atoms with Gasteiger partial charge in [0.25, 0.3) is 5.91 Å². The SMILES string of the molecule is O=C(NC(C(=O)O)C1CC1)c1cc(-c2cccc(Cl)c2)no1. The molecule has 0 saturated heterocycles. The first kappa shape index (κ1) is 14.6. The van der Waals surface area contributed by atoms with Crippen LogP contribution in [0.25, 0.3) is 11.3 Å². The zero-order chi connectivity index (χ0) is 15.7. The monoisotopic (exact) mass is 320 g/mol. The number of carboxylic acid groups (broad SMARTS) is 1. The third-order valence-electron chi connectivity index (χ3n) is 3.50. The van der Waals surface area contributed by atoms with E-state index in [1.54, 1.807) is 24.3 Å². The van der Waals surface area contributed by atoms with Crippen molar-refractivity contribution in [2.75, 3.05) is 0 Å². The van der Waals surface area contributed by atoms with Gasteiger partial charge in [-0.1, -0.05) is 28.9 Å². The lowest BCUT2D eigenvalue weighted by Gasteiger charge is -2.11. The average molecular weight is 321 g/mol. The van der Waals surface area contributed by atoms with E-state index in [0.717, 1.165) is 12.8 Å². The van der Waals surface area contributed by atoms with E-state index in [9.17, 15) is 9.59 Å². The lowest BCUT2D eigenvalue weighted by molar-refractivity contribution is -0.139. The minimum absolute atomic E-state index is 0.00299. The summed E-state index contributed by atoms with van der Waals surface area (Å²) >= 11 is 5.91. The molecule has 1 aromatic carbocycles. The van der Waals surface area contributed by atoms with Crippen molar-refractivity contribution in [1.29, 1.82) is 0 Å². The van der Waals surface area contributed by atoms with E-state index in [0.29, 0.717) is 16.3 Å². The molecular weight excluding hydrogens is 308 g/mol. The van der Waals surface area contributed by atoms with E-state index in [1.807, 2.05) is 0 Å². The highest BCUT2D eigenvalue weighted by Crippen LogP contribution is 2.33. The molecule has 0 aliphatic heterocycles. The van der Waals surface area contributed by atoms with E-state index in [2.05, 4.69) is 10.5 Å². The smallest absolute Gasteiger partial charge is 0.326 e. The molecule has 1 heterocycles. The van der Waals surface area contributed by atoms with Gasteiger partial charge >= 0.3 is 5.97 Å². The largest absolute Gasteiger partial charge is 0.480 e. The van der Waals surface area contributed by atoms with Crippen molar-refractivity contribution in [3.05, 3.63) is 41.1 Å². The molecule has 7 heteroatoms. The first-order valence-electron chi connectivity index (χ1n) is 6.81. The van der Waals surface area contributed by atoms with Gasteiger partial charge in [-0.2, -0.15) is 0 Å². The molecule has 0 radical (unpaired) electrons. The molecular formula is C15H13ClN2O4. The van der Waals surface area contributed by atoms with Crippen LogP contribution in [0.2, 0.25) is 5.02 Å². The Morgan fingerprint density at radius 2 is 2.14 bits per heavy atom. The summed E-state index contributed by atoms with van der Waals surface area (Å²) in [4.78, 5) is 23.2. The van der Waals surface area contributed by atoms with Crippen LogP contribution in [0.5, 0.6) is 0 Å². The van der Waals surface area contributed by atoms with Gasteiger partial charge in [0.2, 0.25) is 5.76 Å². The van der Waals surface area contributed by atoms with Crippen LogP contribution < -0.4 is 5.32 Å². The fourth-order valence-corrected chi connectivity index (χ4v) is 2.38. The summed E-state index contributed by atoms with van der Waals surface area (Å²) in [5.74, 6) is -1.65. The number of aliphatic carboxylic acids is 1. The minimum Gasteiger partial charge on any atom is -0.480 e. The van der Waals surface area contributed by atoms with Crippen LogP contribution in [0.4, 0.5) is 0 Å². The maximum Gasteiger partial charge on any atom is 0.326 e. The first-order chi connectivity index (χ1) is 10.5. The number of carbonyl (C=O) groups excluding carboxylic acids is 1. The molecule has 0 bridgehead atoms. The van der Waals surface area contributed by atoms with Crippen LogP contribution >= 0.6 is 11.6 Å². The lowest BCUT2D eigenvalue weighted by atomic mass is 10.1. The maximum atomic E-state index is 12.1. The van der Waals surface area contributed by atoms with Crippen molar-refractivity contribution in [2.24, 2.45) is 5.92 Å². The molecule has 6 nitrogen and oxygen atoms in total. The van der Waals surface area contributed by atoms with Gasteiger partial charge in [-0.15, -0.1) is 0 Å². The van der Waals surface area contributed by atoms with Crippen molar-refractivity contribution in [2.45, 2.75) is 18.9 Å². The summed E-state index contributed by atoms with van der Waals surface area (Å²) in [6, 6.07) is 7.56. The topological polar surface area (TPSA) is 92.4 Å². The molecule has 1 aliphatic rings. The zero-order valence-electron chi connectivity index (χ0n) is 11.5. The molecule has 1 aliphatic carbocycles. The van der Waals surface area contributed by atoms with E-state index in [1.165, 1.54) is 6.07 Å². The van der Waals surface area contributed by atoms with Crippen molar-refractivity contribution in [3.63, 3.8) is 0 Å². The summed E-state index contributed by atoms with van der Waals surface area (Å²) < 4.78 is 5.00. The fourth-order valence-electron chi connectivity index (χ4n) is 2.19. The summed E-state index contributed by atoms with van der Waals surface area (Å²) in [7, 11) is 0. The Morgan fingerprint density at radius 1 is 1.36 bits per heavy atom. The number of benzene rings is 1. The van der Waals surface area contributed by atoms with Gasteiger partial charge in [-0.25, -0.2) is 4.79 Å². The van der Waals surface area contributed by atoms with Gasteiger partial charge < -0.3 is 14.9 Å². The molecule has 22 heavy (non-hydrogen) atoms. The number of carbonyl (C=O) groups is 2.